The molecule has 1 aromatic rings. The third-order valence-electron chi connectivity index (χ3n) is 3.23. The maximum Gasteiger partial charge on any atom is 0.136 e. The Morgan fingerprint density at radius 2 is 1.88 bits per heavy atom. The first-order valence-corrected chi connectivity index (χ1v) is 7.32. The highest BCUT2D eigenvalue weighted by Gasteiger charge is 2.28. The van der Waals surface area contributed by atoms with E-state index in [0.717, 1.165) is 0 Å². The molecule has 1 aromatic carbocycles. The average Bonchev–Trinajstić information content (AvgIpc) is 2.18. The van der Waals surface area contributed by atoms with E-state index in [1.54, 1.807) is 0 Å². The zero-order valence-electron chi connectivity index (χ0n) is 11.0. The number of hydrogen-bond acceptors (Lipinski definition) is 2. The lowest BCUT2D eigenvalue weighted by molar-refractivity contribution is 0.531. The van der Waals surface area contributed by atoms with Crippen LogP contribution in [0, 0.1) is 0 Å². The van der Waals surface area contributed by atoms with Crippen LogP contribution in [0.3, 0.4) is 0 Å². The Morgan fingerprint density at radius 3 is 2.35 bits per heavy atom. The predicted molar refractivity (Wildman–Crippen MR) is 73.3 cm³/mol. The Morgan fingerprint density at radius 1 is 1.24 bits per heavy atom. The first kappa shape index (κ1) is 12.9. The Hall–Kier alpha value is -0.510. The smallest absolute Gasteiger partial charge is 0.136 e. The summed E-state index contributed by atoms with van der Waals surface area (Å²) in [5.41, 5.74) is 4.16. The Bertz CT molecular complexity index is 411. The summed E-state index contributed by atoms with van der Waals surface area (Å²) in [5.74, 6) is 0. The van der Waals surface area contributed by atoms with E-state index in [1.165, 1.54) is 29.5 Å². The second kappa shape index (κ2) is 4.63. The summed E-state index contributed by atoms with van der Waals surface area (Å²) in [7, 11) is 0. The summed E-state index contributed by atoms with van der Waals surface area (Å²) in [6.07, 6.45) is 2.41. The van der Waals surface area contributed by atoms with E-state index in [-0.39, 0.29) is 10.8 Å². The summed E-state index contributed by atoms with van der Waals surface area (Å²) in [5, 5.41) is 0. The third kappa shape index (κ3) is 2.84. The van der Waals surface area contributed by atoms with E-state index in [9.17, 15) is 4.55 Å². The lowest BCUT2D eigenvalue weighted by Crippen LogP contribution is -2.40. The maximum absolute atomic E-state index is 12.0. The van der Waals surface area contributed by atoms with Gasteiger partial charge in [-0.3, -0.25) is 0 Å². The van der Waals surface area contributed by atoms with E-state index in [1.807, 2.05) is 20.8 Å². The molecule has 0 saturated carbocycles. The molecule has 0 aromatic heterocycles. The minimum Gasteiger partial charge on any atom is -0.598 e. The lowest BCUT2D eigenvalue weighted by atomic mass is 9.86. The second-order valence-electron chi connectivity index (χ2n) is 5.75. The predicted octanol–water partition coefficient (Wildman–Crippen LogP) is 2.90. The minimum absolute atomic E-state index is 0.140. The normalized spacial score (nSPS) is 18.2. The molecule has 0 fully saturated rings. The fraction of sp³-hybridized carbons (Fsp3) is 0.571. The first-order chi connectivity index (χ1) is 7.88. The first-order valence-electron chi connectivity index (χ1n) is 6.17. The monoisotopic (exact) mass is 251 g/mol. The van der Waals surface area contributed by atoms with Gasteiger partial charge in [0, 0.05) is 11.4 Å². The largest absolute Gasteiger partial charge is 0.598 e. The van der Waals surface area contributed by atoms with E-state index < -0.39 is 11.4 Å². The SMILES string of the molecule is C[C@H](N[S+]([O-])C(C)(C)C)c1ccc2c(c1)CC2. The quantitative estimate of drug-likeness (QED) is 0.838. The molecule has 2 nitrogen and oxygen atoms in total. The van der Waals surface area contributed by atoms with Crippen molar-refractivity contribution in [2.45, 2.75) is 51.3 Å². The molecule has 94 valence electrons. The molecule has 0 bridgehead atoms. The summed E-state index contributed by atoms with van der Waals surface area (Å²) < 4.78 is 15.0. The highest BCUT2D eigenvalue weighted by atomic mass is 32.2. The number of nitrogens with one attached hydrogen (secondary N) is 1. The van der Waals surface area contributed by atoms with E-state index in [0.29, 0.717) is 0 Å². The van der Waals surface area contributed by atoms with Crippen LogP contribution in [-0.2, 0) is 24.2 Å². The lowest BCUT2D eigenvalue weighted by Gasteiger charge is -2.27. The fourth-order valence-electron chi connectivity index (χ4n) is 1.89. The van der Waals surface area contributed by atoms with Crippen LogP contribution >= 0.6 is 0 Å². The molecule has 0 radical (unpaired) electrons. The Balaban J connectivity index is 2.04. The van der Waals surface area contributed by atoms with Crippen LogP contribution in [0.4, 0.5) is 0 Å². The van der Waals surface area contributed by atoms with E-state index >= 15 is 0 Å². The Kier molecular flexibility index (Phi) is 3.53. The van der Waals surface area contributed by atoms with Crippen molar-refractivity contribution in [3.05, 3.63) is 34.9 Å². The van der Waals surface area contributed by atoms with Gasteiger partial charge >= 0.3 is 0 Å². The van der Waals surface area contributed by atoms with Crippen LogP contribution in [0.5, 0.6) is 0 Å². The van der Waals surface area contributed by atoms with Gasteiger partial charge in [0.1, 0.15) is 4.75 Å². The van der Waals surface area contributed by atoms with Crippen molar-refractivity contribution in [1.82, 2.24) is 4.72 Å². The molecule has 1 aliphatic rings. The summed E-state index contributed by atoms with van der Waals surface area (Å²) in [6, 6.07) is 6.74. The molecule has 0 heterocycles. The molecular formula is C14H21NOS. The van der Waals surface area contributed by atoms with Gasteiger partial charge in [-0.25, -0.2) is 0 Å². The van der Waals surface area contributed by atoms with Crippen molar-refractivity contribution in [3.8, 4) is 0 Å². The zero-order chi connectivity index (χ0) is 12.6. The summed E-state index contributed by atoms with van der Waals surface area (Å²) >= 11 is -1.01. The zero-order valence-corrected chi connectivity index (χ0v) is 11.9. The highest BCUT2D eigenvalue weighted by molar-refractivity contribution is 7.90. The van der Waals surface area contributed by atoms with Crippen molar-refractivity contribution in [2.24, 2.45) is 0 Å². The molecule has 0 amide bonds. The van der Waals surface area contributed by atoms with Gasteiger partial charge < -0.3 is 4.55 Å². The molecular weight excluding hydrogens is 230 g/mol. The van der Waals surface area contributed by atoms with Crippen LogP contribution in [0.15, 0.2) is 18.2 Å². The maximum atomic E-state index is 12.0. The van der Waals surface area contributed by atoms with Crippen molar-refractivity contribution < 1.29 is 4.55 Å². The highest BCUT2D eigenvalue weighted by Crippen LogP contribution is 2.27. The van der Waals surface area contributed by atoms with Crippen LogP contribution in [0.2, 0.25) is 0 Å². The topological polar surface area (TPSA) is 35.1 Å². The molecule has 3 heteroatoms. The van der Waals surface area contributed by atoms with Gasteiger partial charge in [0.2, 0.25) is 0 Å². The van der Waals surface area contributed by atoms with Crippen molar-refractivity contribution in [3.63, 3.8) is 0 Å². The van der Waals surface area contributed by atoms with E-state index in [4.69, 9.17) is 0 Å². The molecule has 1 unspecified atom stereocenters. The molecule has 1 aliphatic carbocycles. The molecule has 1 N–H and O–H groups in total. The molecule has 2 rings (SSSR count). The number of rotatable bonds is 3. The van der Waals surface area contributed by atoms with Crippen molar-refractivity contribution in [1.29, 1.82) is 0 Å². The molecule has 0 spiro atoms. The van der Waals surface area contributed by atoms with Gasteiger partial charge in [-0.15, -0.1) is 4.72 Å². The molecule has 0 aliphatic heterocycles. The molecule has 0 saturated heterocycles. The molecule has 17 heavy (non-hydrogen) atoms. The molecule has 2 atom stereocenters. The standard InChI is InChI=1S/C14H21NOS/c1-10(15-17(16)14(2,3)4)12-7-5-11-6-8-13(11)9-12/h5,7,9-10,15H,6,8H2,1-4H3/t10-,17?/m0/s1. The number of hydrogen-bond donors (Lipinski definition) is 1. The number of benzene rings is 1. The van der Waals surface area contributed by atoms with Gasteiger partial charge in [0.15, 0.2) is 0 Å². The van der Waals surface area contributed by atoms with E-state index in [2.05, 4.69) is 29.8 Å². The van der Waals surface area contributed by atoms with Crippen LogP contribution < -0.4 is 4.72 Å². The van der Waals surface area contributed by atoms with Gasteiger partial charge in [-0.05, 0) is 57.2 Å². The van der Waals surface area contributed by atoms with Gasteiger partial charge in [-0.2, -0.15) is 0 Å². The summed E-state index contributed by atoms with van der Waals surface area (Å²) in [6.45, 7) is 8.03. The summed E-state index contributed by atoms with van der Waals surface area (Å²) in [4.78, 5) is 0. The number of fused-ring (bicyclic) bond motifs is 1. The van der Waals surface area contributed by atoms with Gasteiger partial charge in [0.25, 0.3) is 0 Å². The van der Waals surface area contributed by atoms with Crippen LogP contribution in [-0.4, -0.2) is 9.30 Å². The van der Waals surface area contributed by atoms with Crippen molar-refractivity contribution in [2.75, 3.05) is 0 Å². The van der Waals surface area contributed by atoms with Crippen LogP contribution in [0.1, 0.15) is 50.4 Å². The second-order valence-corrected chi connectivity index (χ2v) is 7.75. The van der Waals surface area contributed by atoms with Gasteiger partial charge in [0.05, 0.1) is 6.04 Å². The van der Waals surface area contributed by atoms with Crippen molar-refractivity contribution >= 4 is 11.4 Å². The third-order valence-corrected chi connectivity index (χ3v) is 4.91. The minimum atomic E-state index is -1.01. The van der Waals surface area contributed by atoms with Gasteiger partial charge in [-0.1, -0.05) is 18.2 Å². The fourth-order valence-corrected chi connectivity index (χ4v) is 2.70. The number of aryl methyl sites for hydroxylation is 2. The van der Waals surface area contributed by atoms with Crippen LogP contribution in [0.25, 0.3) is 0 Å². The Labute approximate surface area is 107 Å². The average molecular weight is 251 g/mol.